The molecule has 0 saturated carbocycles. The number of benzene rings is 8. The predicted molar refractivity (Wildman–Crippen MR) is 184 cm³/mol. The van der Waals surface area contributed by atoms with E-state index >= 15 is 0 Å². The Hall–Kier alpha value is -5.86. The van der Waals surface area contributed by atoms with Gasteiger partial charge in [0.25, 0.3) is 0 Å². The molecular weight excluding hydrogens is 536 g/mol. The van der Waals surface area contributed by atoms with Gasteiger partial charge >= 0.3 is 0 Å². The lowest BCUT2D eigenvalue weighted by Crippen LogP contribution is -1.91. The van der Waals surface area contributed by atoms with Gasteiger partial charge in [-0.1, -0.05) is 109 Å². The summed E-state index contributed by atoms with van der Waals surface area (Å²) in [6.07, 6.45) is 0. The molecule has 2 aromatic heterocycles. The molecule has 2 heterocycles. The summed E-state index contributed by atoms with van der Waals surface area (Å²) in [5, 5.41) is 11.9. The largest absolute Gasteiger partial charge is 0.456 e. The number of para-hydroxylation sites is 1. The maximum absolute atomic E-state index is 6.36. The lowest BCUT2D eigenvalue weighted by atomic mass is 9.84. The Balaban J connectivity index is 1.31. The van der Waals surface area contributed by atoms with Crippen LogP contribution in [-0.4, -0.2) is 0 Å². The second-order valence-corrected chi connectivity index (χ2v) is 11.6. The first-order valence-electron chi connectivity index (χ1n) is 15.0. The Morgan fingerprint density at radius 1 is 0.318 bits per heavy atom. The average molecular weight is 561 g/mol. The van der Waals surface area contributed by atoms with E-state index in [4.69, 9.17) is 8.83 Å². The van der Waals surface area contributed by atoms with Crippen LogP contribution in [-0.2, 0) is 0 Å². The standard InChI is InChI=1S/C42H24O2/c1-2-11-26-24-39-35(22-25(26)10-1)34-23-27(20-21-37(34)44-39)40-28-12-3-5-14-30(28)41(31-15-6-4-13-29(31)40)33-17-9-19-38-42(33)32-16-7-8-18-36(32)43-38/h1-24H. The van der Waals surface area contributed by atoms with Crippen molar-refractivity contribution in [2.45, 2.75) is 0 Å². The fraction of sp³-hybridized carbons (Fsp3) is 0. The van der Waals surface area contributed by atoms with Gasteiger partial charge < -0.3 is 8.83 Å². The molecule has 0 fully saturated rings. The lowest BCUT2D eigenvalue weighted by molar-refractivity contribution is 0.669. The van der Waals surface area contributed by atoms with E-state index in [1.807, 2.05) is 6.07 Å². The molecule has 0 amide bonds. The molecule has 2 heteroatoms. The highest BCUT2D eigenvalue weighted by Gasteiger charge is 2.20. The first-order chi connectivity index (χ1) is 21.8. The van der Waals surface area contributed by atoms with Gasteiger partial charge in [-0.05, 0) is 91.0 Å². The number of rotatable bonds is 2. The summed E-state index contributed by atoms with van der Waals surface area (Å²) in [7, 11) is 0. The van der Waals surface area contributed by atoms with Crippen molar-refractivity contribution in [1.29, 1.82) is 0 Å². The molecule has 0 aliphatic carbocycles. The molecule has 8 aromatic carbocycles. The van der Waals surface area contributed by atoms with Gasteiger partial charge in [-0.25, -0.2) is 0 Å². The molecule has 204 valence electrons. The highest BCUT2D eigenvalue weighted by Crippen LogP contribution is 2.47. The monoisotopic (exact) mass is 560 g/mol. The molecular formula is C42H24O2. The maximum atomic E-state index is 6.36. The van der Waals surface area contributed by atoms with E-state index in [1.54, 1.807) is 0 Å². The fourth-order valence-electron chi connectivity index (χ4n) is 7.33. The zero-order chi connectivity index (χ0) is 28.8. The van der Waals surface area contributed by atoms with Gasteiger partial charge in [0.2, 0.25) is 0 Å². The minimum atomic E-state index is 0.905. The van der Waals surface area contributed by atoms with Gasteiger partial charge in [-0.3, -0.25) is 0 Å². The summed E-state index contributed by atoms with van der Waals surface area (Å²) in [5.74, 6) is 0. The van der Waals surface area contributed by atoms with Crippen molar-refractivity contribution in [2.75, 3.05) is 0 Å². The van der Waals surface area contributed by atoms with Crippen molar-refractivity contribution in [3.63, 3.8) is 0 Å². The van der Waals surface area contributed by atoms with Crippen LogP contribution in [0, 0.1) is 0 Å². The first-order valence-corrected chi connectivity index (χ1v) is 15.0. The van der Waals surface area contributed by atoms with Crippen molar-refractivity contribution in [3.05, 3.63) is 146 Å². The number of fused-ring (bicyclic) bond motifs is 9. The Labute approximate surface area is 252 Å². The van der Waals surface area contributed by atoms with Gasteiger partial charge in [0.15, 0.2) is 0 Å². The third kappa shape index (κ3) is 3.25. The van der Waals surface area contributed by atoms with E-state index in [1.165, 1.54) is 54.6 Å². The van der Waals surface area contributed by atoms with Crippen LogP contribution in [0.1, 0.15) is 0 Å². The summed E-state index contributed by atoms with van der Waals surface area (Å²) >= 11 is 0. The number of hydrogen-bond donors (Lipinski definition) is 0. The smallest absolute Gasteiger partial charge is 0.136 e. The summed E-state index contributed by atoms with van der Waals surface area (Å²) in [6, 6.07) is 52.0. The molecule has 0 unspecified atom stereocenters. The Morgan fingerprint density at radius 3 is 1.61 bits per heavy atom. The number of hydrogen-bond acceptors (Lipinski definition) is 2. The zero-order valence-corrected chi connectivity index (χ0v) is 23.7. The topological polar surface area (TPSA) is 26.3 Å². The Morgan fingerprint density at radius 2 is 0.864 bits per heavy atom. The third-order valence-electron chi connectivity index (χ3n) is 9.23. The maximum Gasteiger partial charge on any atom is 0.136 e. The van der Waals surface area contributed by atoms with E-state index in [2.05, 4.69) is 140 Å². The van der Waals surface area contributed by atoms with Crippen molar-refractivity contribution >= 4 is 76.2 Å². The second-order valence-electron chi connectivity index (χ2n) is 11.6. The highest BCUT2D eigenvalue weighted by molar-refractivity contribution is 6.26. The molecule has 0 aliphatic rings. The van der Waals surface area contributed by atoms with Crippen molar-refractivity contribution in [3.8, 4) is 22.3 Å². The zero-order valence-electron chi connectivity index (χ0n) is 23.7. The van der Waals surface area contributed by atoms with Gasteiger partial charge in [-0.15, -0.1) is 0 Å². The van der Waals surface area contributed by atoms with Gasteiger partial charge in [-0.2, -0.15) is 0 Å². The van der Waals surface area contributed by atoms with Crippen LogP contribution in [0.4, 0.5) is 0 Å². The number of furan rings is 2. The van der Waals surface area contributed by atoms with Crippen LogP contribution >= 0.6 is 0 Å². The molecule has 0 aliphatic heterocycles. The predicted octanol–water partition coefficient (Wildman–Crippen LogP) is 12.3. The summed E-state index contributed by atoms with van der Waals surface area (Å²) in [5.41, 5.74) is 8.48. The summed E-state index contributed by atoms with van der Waals surface area (Å²) < 4.78 is 12.7. The second kappa shape index (κ2) is 8.82. The van der Waals surface area contributed by atoms with Crippen LogP contribution < -0.4 is 0 Å². The summed E-state index contributed by atoms with van der Waals surface area (Å²) in [4.78, 5) is 0. The van der Waals surface area contributed by atoms with E-state index in [9.17, 15) is 0 Å². The molecule has 0 atom stereocenters. The lowest BCUT2D eigenvalue weighted by Gasteiger charge is -2.18. The minimum absolute atomic E-state index is 0.905. The SMILES string of the molecule is c1ccc2cc3c(cc2c1)oc1ccc(-c2c4ccccc4c(-c4cccc5oc6ccccc6c45)c4ccccc24)cc13. The van der Waals surface area contributed by atoms with Crippen molar-refractivity contribution in [1.82, 2.24) is 0 Å². The molecule has 0 bridgehead atoms. The minimum Gasteiger partial charge on any atom is -0.456 e. The molecule has 0 N–H and O–H groups in total. The molecule has 2 nitrogen and oxygen atoms in total. The van der Waals surface area contributed by atoms with E-state index in [-0.39, 0.29) is 0 Å². The molecule has 10 aromatic rings. The Kier molecular flexibility index (Phi) is 4.75. The molecule has 0 radical (unpaired) electrons. The van der Waals surface area contributed by atoms with Crippen LogP contribution in [0.5, 0.6) is 0 Å². The quantitative estimate of drug-likeness (QED) is 0.197. The summed E-state index contributed by atoms with van der Waals surface area (Å²) in [6.45, 7) is 0. The fourth-order valence-corrected chi connectivity index (χ4v) is 7.33. The molecule has 10 rings (SSSR count). The van der Waals surface area contributed by atoms with Gasteiger partial charge in [0.05, 0.1) is 0 Å². The van der Waals surface area contributed by atoms with Crippen LogP contribution in [0.25, 0.3) is 98.4 Å². The molecule has 0 saturated heterocycles. The Bertz CT molecular complexity index is 2720. The normalized spacial score (nSPS) is 12.1. The van der Waals surface area contributed by atoms with Gasteiger partial charge in [0, 0.05) is 21.5 Å². The molecule has 0 spiro atoms. The highest BCUT2D eigenvalue weighted by atomic mass is 16.3. The third-order valence-corrected chi connectivity index (χ3v) is 9.23. The van der Waals surface area contributed by atoms with E-state index in [0.29, 0.717) is 0 Å². The first kappa shape index (κ1) is 23.7. The van der Waals surface area contributed by atoms with E-state index < -0.39 is 0 Å². The molecule has 44 heavy (non-hydrogen) atoms. The van der Waals surface area contributed by atoms with E-state index in [0.717, 1.165) is 43.9 Å². The van der Waals surface area contributed by atoms with Gasteiger partial charge in [0.1, 0.15) is 22.3 Å². The van der Waals surface area contributed by atoms with Crippen LogP contribution in [0.15, 0.2) is 154 Å². The van der Waals surface area contributed by atoms with Crippen LogP contribution in [0.2, 0.25) is 0 Å². The van der Waals surface area contributed by atoms with Crippen molar-refractivity contribution < 1.29 is 8.83 Å². The van der Waals surface area contributed by atoms with Crippen molar-refractivity contribution in [2.24, 2.45) is 0 Å². The van der Waals surface area contributed by atoms with Crippen LogP contribution in [0.3, 0.4) is 0 Å². The average Bonchev–Trinajstić information content (AvgIpc) is 3.63.